The molecule has 0 heterocycles. The van der Waals surface area contributed by atoms with E-state index in [0.29, 0.717) is 17.9 Å². The molecular weight excluding hydrogens is 228 g/mol. The molecule has 4 nitrogen and oxygen atoms in total. The molecule has 0 saturated heterocycles. The molecular formula is C14H14N2O2. The standard InChI is InChI=1S/C14H14N2O2/c15-14(16)11-2-1-3-13(8-11)18-9-10-4-6-12(17)7-5-10/h1-8,17H,9H2,(H3,15,16). The lowest BCUT2D eigenvalue weighted by atomic mass is 10.2. The summed E-state index contributed by atoms with van der Waals surface area (Å²) in [5.74, 6) is 0.915. The Kier molecular flexibility index (Phi) is 3.48. The zero-order valence-corrected chi connectivity index (χ0v) is 9.76. The molecule has 0 aliphatic rings. The van der Waals surface area contributed by atoms with Crippen LogP contribution in [0.5, 0.6) is 11.5 Å². The lowest BCUT2D eigenvalue weighted by Crippen LogP contribution is -2.10. The Labute approximate surface area is 105 Å². The molecule has 0 aliphatic heterocycles. The maximum absolute atomic E-state index is 9.16. The van der Waals surface area contributed by atoms with Gasteiger partial charge in [-0.05, 0) is 29.8 Å². The summed E-state index contributed by atoms with van der Waals surface area (Å²) in [7, 11) is 0. The SMILES string of the molecule is N=C(N)c1cccc(OCc2ccc(O)cc2)c1. The van der Waals surface area contributed by atoms with Gasteiger partial charge in [-0.2, -0.15) is 0 Å². The zero-order valence-electron chi connectivity index (χ0n) is 9.76. The van der Waals surface area contributed by atoms with Gasteiger partial charge >= 0.3 is 0 Å². The Balaban J connectivity index is 2.04. The van der Waals surface area contributed by atoms with Gasteiger partial charge in [0.15, 0.2) is 0 Å². The summed E-state index contributed by atoms with van der Waals surface area (Å²) in [5.41, 5.74) is 7.00. The van der Waals surface area contributed by atoms with Gasteiger partial charge in [-0.3, -0.25) is 5.41 Å². The first-order chi connectivity index (χ1) is 8.65. The fourth-order valence-corrected chi connectivity index (χ4v) is 1.51. The molecule has 2 aromatic carbocycles. The summed E-state index contributed by atoms with van der Waals surface area (Å²) in [4.78, 5) is 0. The molecule has 0 unspecified atom stereocenters. The second-order valence-corrected chi connectivity index (χ2v) is 3.90. The number of nitrogens with one attached hydrogen (secondary N) is 1. The molecule has 18 heavy (non-hydrogen) atoms. The first-order valence-electron chi connectivity index (χ1n) is 5.50. The van der Waals surface area contributed by atoms with Crippen LogP contribution >= 0.6 is 0 Å². The summed E-state index contributed by atoms with van der Waals surface area (Å²) in [6.07, 6.45) is 0. The number of aromatic hydroxyl groups is 1. The van der Waals surface area contributed by atoms with Gasteiger partial charge in [0.2, 0.25) is 0 Å². The van der Waals surface area contributed by atoms with E-state index in [4.69, 9.17) is 21.0 Å². The lowest BCUT2D eigenvalue weighted by Gasteiger charge is -2.07. The molecule has 0 atom stereocenters. The number of nitrogens with two attached hydrogens (primary N) is 1. The van der Waals surface area contributed by atoms with Crippen LogP contribution in [0.1, 0.15) is 11.1 Å². The van der Waals surface area contributed by atoms with Crippen LogP contribution in [0.2, 0.25) is 0 Å². The smallest absolute Gasteiger partial charge is 0.122 e. The Hall–Kier alpha value is -2.49. The molecule has 4 heteroatoms. The van der Waals surface area contributed by atoms with E-state index in [0.717, 1.165) is 5.56 Å². The first kappa shape index (κ1) is 12.0. The van der Waals surface area contributed by atoms with E-state index in [1.165, 1.54) is 0 Å². The van der Waals surface area contributed by atoms with E-state index >= 15 is 0 Å². The summed E-state index contributed by atoms with van der Waals surface area (Å²) in [6.45, 7) is 0.404. The average molecular weight is 242 g/mol. The monoisotopic (exact) mass is 242 g/mol. The number of benzene rings is 2. The largest absolute Gasteiger partial charge is 0.508 e. The van der Waals surface area contributed by atoms with Gasteiger partial charge in [0.1, 0.15) is 23.9 Å². The number of hydrogen-bond acceptors (Lipinski definition) is 3. The molecule has 2 aromatic rings. The molecule has 0 amide bonds. The molecule has 0 saturated carbocycles. The van der Waals surface area contributed by atoms with E-state index in [1.807, 2.05) is 6.07 Å². The van der Waals surface area contributed by atoms with E-state index in [9.17, 15) is 0 Å². The van der Waals surface area contributed by atoms with Crippen molar-refractivity contribution in [2.75, 3.05) is 0 Å². The van der Waals surface area contributed by atoms with Crippen molar-refractivity contribution in [1.29, 1.82) is 5.41 Å². The van der Waals surface area contributed by atoms with Gasteiger partial charge in [0.25, 0.3) is 0 Å². The van der Waals surface area contributed by atoms with Crippen LogP contribution in [0.3, 0.4) is 0 Å². The van der Waals surface area contributed by atoms with Gasteiger partial charge in [0.05, 0.1) is 0 Å². The van der Waals surface area contributed by atoms with E-state index < -0.39 is 0 Å². The predicted octanol–water partition coefficient (Wildman–Crippen LogP) is 2.26. The minimum absolute atomic E-state index is 0.0186. The predicted molar refractivity (Wildman–Crippen MR) is 69.9 cm³/mol. The third-order valence-corrected chi connectivity index (χ3v) is 2.49. The number of ether oxygens (including phenoxy) is 1. The highest BCUT2D eigenvalue weighted by atomic mass is 16.5. The Morgan fingerprint density at radius 3 is 2.56 bits per heavy atom. The molecule has 92 valence electrons. The third-order valence-electron chi connectivity index (χ3n) is 2.49. The van der Waals surface area contributed by atoms with Crippen LogP contribution in [-0.4, -0.2) is 10.9 Å². The quantitative estimate of drug-likeness (QED) is 0.568. The second-order valence-electron chi connectivity index (χ2n) is 3.90. The van der Waals surface area contributed by atoms with Crippen LogP contribution in [0.4, 0.5) is 0 Å². The fraction of sp³-hybridized carbons (Fsp3) is 0.0714. The van der Waals surface area contributed by atoms with Crippen molar-refractivity contribution in [3.8, 4) is 11.5 Å². The highest BCUT2D eigenvalue weighted by Crippen LogP contribution is 2.16. The number of amidine groups is 1. The number of rotatable bonds is 4. The van der Waals surface area contributed by atoms with Gasteiger partial charge < -0.3 is 15.6 Å². The van der Waals surface area contributed by atoms with E-state index in [1.54, 1.807) is 42.5 Å². The molecule has 0 fully saturated rings. The van der Waals surface area contributed by atoms with Gasteiger partial charge in [0, 0.05) is 5.56 Å². The van der Waals surface area contributed by atoms with Crippen molar-refractivity contribution >= 4 is 5.84 Å². The lowest BCUT2D eigenvalue weighted by molar-refractivity contribution is 0.306. The second kappa shape index (κ2) is 5.23. The van der Waals surface area contributed by atoms with Crippen molar-refractivity contribution in [1.82, 2.24) is 0 Å². The Morgan fingerprint density at radius 2 is 1.89 bits per heavy atom. The Morgan fingerprint density at radius 1 is 1.17 bits per heavy atom. The topological polar surface area (TPSA) is 79.3 Å². The first-order valence-corrected chi connectivity index (χ1v) is 5.50. The number of phenolic OH excluding ortho intramolecular Hbond substituents is 1. The number of phenols is 1. The molecule has 4 N–H and O–H groups in total. The maximum atomic E-state index is 9.16. The summed E-state index contributed by atoms with van der Waals surface area (Å²) >= 11 is 0. The highest BCUT2D eigenvalue weighted by molar-refractivity contribution is 5.95. The molecule has 0 aromatic heterocycles. The fourth-order valence-electron chi connectivity index (χ4n) is 1.51. The molecule has 0 bridgehead atoms. The van der Waals surface area contributed by atoms with Gasteiger partial charge in [-0.1, -0.05) is 24.3 Å². The van der Waals surface area contributed by atoms with Crippen molar-refractivity contribution in [3.05, 3.63) is 59.7 Å². The normalized spacial score (nSPS) is 10.0. The molecule has 0 spiro atoms. The molecule has 0 aliphatic carbocycles. The van der Waals surface area contributed by atoms with Crippen LogP contribution in [0.15, 0.2) is 48.5 Å². The zero-order chi connectivity index (χ0) is 13.0. The van der Waals surface area contributed by atoms with Gasteiger partial charge in [-0.15, -0.1) is 0 Å². The average Bonchev–Trinajstić information content (AvgIpc) is 2.38. The molecule has 2 rings (SSSR count). The van der Waals surface area contributed by atoms with E-state index in [-0.39, 0.29) is 11.6 Å². The minimum atomic E-state index is 0.0186. The van der Waals surface area contributed by atoms with Crippen LogP contribution in [0.25, 0.3) is 0 Å². The summed E-state index contributed by atoms with van der Waals surface area (Å²) in [5, 5.41) is 16.5. The number of nitrogen functional groups attached to an aromatic ring is 1. The highest BCUT2D eigenvalue weighted by Gasteiger charge is 2.00. The number of hydrogen-bond donors (Lipinski definition) is 3. The summed E-state index contributed by atoms with van der Waals surface area (Å²) < 4.78 is 5.59. The third kappa shape index (κ3) is 3.01. The van der Waals surface area contributed by atoms with Crippen LogP contribution in [-0.2, 0) is 6.61 Å². The Bertz CT molecular complexity index is 550. The van der Waals surface area contributed by atoms with Crippen molar-refractivity contribution in [2.24, 2.45) is 5.73 Å². The molecule has 0 radical (unpaired) electrons. The van der Waals surface area contributed by atoms with E-state index in [2.05, 4.69) is 0 Å². The van der Waals surface area contributed by atoms with Crippen molar-refractivity contribution in [3.63, 3.8) is 0 Å². The minimum Gasteiger partial charge on any atom is -0.508 e. The summed E-state index contributed by atoms with van der Waals surface area (Å²) in [6, 6.07) is 13.9. The van der Waals surface area contributed by atoms with Gasteiger partial charge in [-0.25, -0.2) is 0 Å². The van der Waals surface area contributed by atoms with Crippen LogP contribution in [0, 0.1) is 5.41 Å². The van der Waals surface area contributed by atoms with Crippen molar-refractivity contribution < 1.29 is 9.84 Å². The van der Waals surface area contributed by atoms with Crippen LogP contribution < -0.4 is 10.5 Å². The van der Waals surface area contributed by atoms with Crippen molar-refractivity contribution in [2.45, 2.75) is 6.61 Å². The maximum Gasteiger partial charge on any atom is 0.122 e.